The van der Waals surface area contributed by atoms with E-state index in [1.165, 1.54) is 23.6 Å². The zero-order valence-electron chi connectivity index (χ0n) is 8.49. The van der Waals surface area contributed by atoms with Crippen LogP contribution in [0.1, 0.15) is 37.1 Å². The van der Waals surface area contributed by atoms with Gasteiger partial charge in [-0.15, -0.1) is 11.3 Å². The first-order valence-electron chi connectivity index (χ1n) is 5.19. The highest BCUT2D eigenvalue weighted by molar-refractivity contribution is 7.10. The maximum Gasteiger partial charge on any atom is 0.0968 e. The van der Waals surface area contributed by atoms with E-state index in [2.05, 4.69) is 34.7 Å². The van der Waals surface area contributed by atoms with Gasteiger partial charge in [-0.25, -0.2) is 0 Å². The molecule has 2 heterocycles. The maximum atomic E-state index is 4.49. The number of nitrogens with zero attached hydrogens (tertiary/aromatic N) is 1. The quantitative estimate of drug-likeness (QED) is 0.794. The molecule has 1 aliphatic rings. The van der Waals surface area contributed by atoms with Crippen molar-refractivity contribution in [1.82, 2.24) is 5.32 Å². The summed E-state index contributed by atoms with van der Waals surface area (Å²) in [5, 5.41) is 5.60. The molecule has 0 unspecified atom stereocenters. The van der Waals surface area contributed by atoms with Crippen LogP contribution in [0.3, 0.4) is 0 Å². The van der Waals surface area contributed by atoms with Crippen molar-refractivity contribution in [2.45, 2.75) is 32.2 Å². The van der Waals surface area contributed by atoms with E-state index in [0.29, 0.717) is 6.04 Å². The first kappa shape index (κ1) is 9.71. The Hall–Kier alpha value is -0.830. The van der Waals surface area contributed by atoms with Crippen molar-refractivity contribution in [3.63, 3.8) is 0 Å². The molecule has 14 heavy (non-hydrogen) atoms. The van der Waals surface area contributed by atoms with Gasteiger partial charge in [-0.3, -0.25) is 4.99 Å². The highest BCUT2D eigenvalue weighted by Crippen LogP contribution is 2.19. The zero-order chi connectivity index (χ0) is 9.80. The van der Waals surface area contributed by atoms with Gasteiger partial charge in [0.2, 0.25) is 0 Å². The smallest absolute Gasteiger partial charge is 0.0968 e. The first-order valence-corrected chi connectivity index (χ1v) is 6.07. The second-order valence-electron chi connectivity index (χ2n) is 3.67. The summed E-state index contributed by atoms with van der Waals surface area (Å²) in [6.45, 7) is 3.20. The van der Waals surface area contributed by atoms with Gasteiger partial charge in [-0.2, -0.15) is 0 Å². The topological polar surface area (TPSA) is 24.4 Å². The molecule has 3 heteroatoms. The van der Waals surface area contributed by atoms with E-state index in [1.807, 2.05) is 0 Å². The van der Waals surface area contributed by atoms with E-state index in [9.17, 15) is 0 Å². The van der Waals surface area contributed by atoms with Crippen molar-refractivity contribution in [2.24, 2.45) is 4.99 Å². The summed E-state index contributed by atoms with van der Waals surface area (Å²) in [5.41, 5.74) is 0. The molecule has 0 spiro atoms. The molecule has 1 aromatic rings. The van der Waals surface area contributed by atoms with E-state index in [-0.39, 0.29) is 0 Å². The molecule has 0 aromatic carbocycles. The molecule has 1 aromatic heterocycles. The fourth-order valence-electron chi connectivity index (χ4n) is 1.67. The number of aliphatic imine (C=N–C) groups is 1. The second-order valence-corrected chi connectivity index (χ2v) is 4.65. The Kier molecular flexibility index (Phi) is 3.19. The Morgan fingerprint density at radius 1 is 1.50 bits per heavy atom. The third-order valence-electron chi connectivity index (χ3n) is 2.48. The molecule has 0 bridgehead atoms. The lowest BCUT2D eigenvalue weighted by Gasteiger charge is -2.18. The fourth-order valence-corrected chi connectivity index (χ4v) is 2.41. The molecular weight excluding hydrogens is 192 g/mol. The lowest BCUT2D eigenvalue weighted by molar-refractivity contribution is 0.663. The molecule has 0 radical (unpaired) electrons. The minimum Gasteiger partial charge on any atom is -0.367 e. The van der Waals surface area contributed by atoms with Gasteiger partial charge >= 0.3 is 0 Å². The molecule has 0 aliphatic carbocycles. The Bertz CT molecular complexity index is 303. The van der Waals surface area contributed by atoms with Gasteiger partial charge in [0.25, 0.3) is 0 Å². The number of nitrogens with one attached hydrogen (secondary N) is 1. The van der Waals surface area contributed by atoms with Crippen LogP contribution in [0.2, 0.25) is 0 Å². The number of hydrogen-bond acceptors (Lipinski definition) is 3. The maximum absolute atomic E-state index is 4.49. The Morgan fingerprint density at radius 2 is 2.43 bits per heavy atom. The molecule has 0 saturated heterocycles. The molecule has 0 saturated carbocycles. The summed E-state index contributed by atoms with van der Waals surface area (Å²) in [7, 11) is 0. The van der Waals surface area contributed by atoms with Crippen molar-refractivity contribution in [2.75, 3.05) is 6.54 Å². The predicted octanol–water partition coefficient (Wildman–Crippen LogP) is 2.98. The molecule has 2 nitrogen and oxygen atoms in total. The lowest BCUT2D eigenvalue weighted by Crippen LogP contribution is -2.28. The van der Waals surface area contributed by atoms with E-state index >= 15 is 0 Å². The third kappa shape index (κ3) is 2.35. The van der Waals surface area contributed by atoms with Gasteiger partial charge in [0, 0.05) is 17.8 Å². The van der Waals surface area contributed by atoms with Crippen LogP contribution in [-0.2, 0) is 0 Å². The summed E-state index contributed by atoms with van der Waals surface area (Å²) in [6, 6.07) is 4.68. The Labute approximate surface area is 89.1 Å². The van der Waals surface area contributed by atoms with Crippen LogP contribution in [0.15, 0.2) is 22.5 Å². The van der Waals surface area contributed by atoms with E-state index in [4.69, 9.17) is 0 Å². The van der Waals surface area contributed by atoms with Gasteiger partial charge in [-0.05, 0) is 31.2 Å². The van der Waals surface area contributed by atoms with Crippen LogP contribution in [0.5, 0.6) is 0 Å². The van der Waals surface area contributed by atoms with Crippen LogP contribution in [0.25, 0.3) is 0 Å². The van der Waals surface area contributed by atoms with Crippen molar-refractivity contribution >= 4 is 17.2 Å². The minimum atomic E-state index is 0.409. The molecule has 1 aliphatic heterocycles. The Morgan fingerprint density at radius 3 is 3.07 bits per heavy atom. The number of hydrogen-bond donors (Lipinski definition) is 1. The second kappa shape index (κ2) is 4.60. The average Bonchev–Trinajstić information content (AvgIpc) is 2.72. The average molecular weight is 208 g/mol. The van der Waals surface area contributed by atoms with Gasteiger partial charge in [0.05, 0.1) is 11.9 Å². The van der Waals surface area contributed by atoms with E-state index < -0.39 is 0 Å². The van der Waals surface area contributed by atoms with E-state index in [1.54, 1.807) is 11.3 Å². The van der Waals surface area contributed by atoms with Gasteiger partial charge in [-0.1, -0.05) is 6.07 Å². The molecular formula is C11H16N2S. The van der Waals surface area contributed by atoms with Crippen LogP contribution in [0.4, 0.5) is 0 Å². The van der Waals surface area contributed by atoms with Crippen molar-refractivity contribution in [1.29, 1.82) is 0 Å². The predicted molar refractivity (Wildman–Crippen MR) is 62.0 cm³/mol. The minimum absolute atomic E-state index is 0.409. The first-order chi connectivity index (χ1) is 6.86. The van der Waals surface area contributed by atoms with E-state index in [0.717, 1.165) is 13.0 Å². The SMILES string of the molecule is C[C@@H](NC1=NCCCC1)c1cccs1. The van der Waals surface area contributed by atoms with Crippen LogP contribution in [-0.4, -0.2) is 12.4 Å². The standard InChI is InChI=1S/C11H16N2S/c1-9(10-5-4-8-14-10)13-11-6-2-3-7-12-11/h4-5,8-9H,2-3,6-7H2,1H3,(H,12,13)/t9-/m1/s1. The highest BCUT2D eigenvalue weighted by atomic mass is 32.1. The molecule has 1 N–H and O–H groups in total. The summed E-state index contributed by atoms with van der Waals surface area (Å²) >= 11 is 1.80. The van der Waals surface area contributed by atoms with Crippen LogP contribution < -0.4 is 5.32 Å². The molecule has 0 fully saturated rings. The summed E-state index contributed by atoms with van der Waals surface area (Å²) in [6.07, 6.45) is 3.65. The molecule has 1 atom stereocenters. The number of amidine groups is 1. The fraction of sp³-hybridized carbons (Fsp3) is 0.545. The molecule has 76 valence electrons. The monoisotopic (exact) mass is 208 g/mol. The van der Waals surface area contributed by atoms with Gasteiger partial charge in [0.1, 0.15) is 0 Å². The normalized spacial score (nSPS) is 18.8. The van der Waals surface area contributed by atoms with Crippen molar-refractivity contribution in [3.8, 4) is 0 Å². The van der Waals surface area contributed by atoms with Gasteiger partial charge in [0.15, 0.2) is 0 Å². The largest absolute Gasteiger partial charge is 0.367 e. The van der Waals surface area contributed by atoms with Crippen molar-refractivity contribution < 1.29 is 0 Å². The highest BCUT2D eigenvalue weighted by Gasteiger charge is 2.10. The summed E-state index contributed by atoms with van der Waals surface area (Å²) in [4.78, 5) is 5.88. The summed E-state index contributed by atoms with van der Waals surface area (Å²) in [5.74, 6) is 1.19. The van der Waals surface area contributed by atoms with Crippen molar-refractivity contribution in [3.05, 3.63) is 22.4 Å². The Balaban J connectivity index is 1.94. The van der Waals surface area contributed by atoms with Gasteiger partial charge < -0.3 is 5.32 Å². The number of rotatable bonds is 2. The molecule has 2 rings (SSSR count). The zero-order valence-corrected chi connectivity index (χ0v) is 9.31. The number of thiophene rings is 1. The van der Waals surface area contributed by atoms with Crippen LogP contribution >= 0.6 is 11.3 Å². The summed E-state index contributed by atoms with van der Waals surface area (Å²) < 4.78 is 0. The third-order valence-corrected chi connectivity index (χ3v) is 3.53. The lowest BCUT2D eigenvalue weighted by atomic mass is 10.1. The molecule has 0 amide bonds. The van der Waals surface area contributed by atoms with Crippen LogP contribution in [0, 0.1) is 0 Å².